The molecule has 3 aromatic rings. The Balaban J connectivity index is 1.51. The van der Waals surface area contributed by atoms with Crippen LogP contribution in [0.15, 0.2) is 52.5 Å². The van der Waals surface area contributed by atoms with Crippen molar-refractivity contribution in [3.05, 3.63) is 76.1 Å². The molecular formula is C24H23F2N3O2S. The van der Waals surface area contributed by atoms with E-state index in [4.69, 9.17) is 4.74 Å². The Morgan fingerprint density at radius 3 is 2.81 bits per heavy atom. The fraction of sp³-hybridized carbons (Fsp3) is 0.250. The van der Waals surface area contributed by atoms with E-state index in [1.807, 2.05) is 30.3 Å². The maximum Gasteiger partial charge on any atom is 0.201 e. The summed E-state index contributed by atoms with van der Waals surface area (Å²) in [4.78, 5) is 21.0. The molecule has 1 aliphatic rings. The van der Waals surface area contributed by atoms with E-state index in [0.29, 0.717) is 30.3 Å². The maximum absolute atomic E-state index is 15.1. The highest BCUT2D eigenvalue weighted by Gasteiger charge is 2.24. The number of rotatable bonds is 9. The minimum absolute atomic E-state index is 0.0288. The number of halogens is 2. The lowest BCUT2D eigenvalue weighted by atomic mass is 10.0. The number of H-pyrrole nitrogens is 1. The Labute approximate surface area is 188 Å². The van der Waals surface area contributed by atoms with Crippen molar-refractivity contribution >= 4 is 29.5 Å². The fourth-order valence-corrected chi connectivity index (χ4v) is 4.02. The molecule has 0 unspecified atom stereocenters. The molecule has 0 bridgehead atoms. The molecule has 4 rings (SSSR count). The predicted octanol–water partition coefficient (Wildman–Crippen LogP) is 4.63. The van der Waals surface area contributed by atoms with E-state index in [2.05, 4.69) is 21.6 Å². The molecule has 2 N–H and O–H groups in total. The average molecular weight is 456 g/mol. The van der Waals surface area contributed by atoms with Crippen molar-refractivity contribution < 1.29 is 18.3 Å². The van der Waals surface area contributed by atoms with Crippen LogP contribution < -0.4 is 20.2 Å². The second-order valence-corrected chi connectivity index (χ2v) is 8.21. The first-order valence-electron chi connectivity index (χ1n) is 10.5. The van der Waals surface area contributed by atoms with Crippen LogP contribution in [0.1, 0.15) is 42.1 Å². The zero-order valence-electron chi connectivity index (χ0n) is 17.6. The molecule has 0 aliphatic carbocycles. The van der Waals surface area contributed by atoms with Gasteiger partial charge in [-0.1, -0.05) is 19.4 Å². The third-order valence-corrected chi connectivity index (χ3v) is 5.91. The molecule has 1 aliphatic heterocycles. The van der Waals surface area contributed by atoms with Crippen LogP contribution in [-0.2, 0) is 0 Å². The molecule has 0 fully saturated rings. The maximum atomic E-state index is 15.1. The number of nitrogens with zero attached hydrogens (tertiary/aromatic N) is 1. The summed E-state index contributed by atoms with van der Waals surface area (Å²) in [7, 11) is 0. The summed E-state index contributed by atoms with van der Waals surface area (Å²) in [5, 5.41) is 0.592. The van der Waals surface area contributed by atoms with Gasteiger partial charge in [0.1, 0.15) is 17.1 Å². The van der Waals surface area contributed by atoms with E-state index in [9.17, 15) is 9.18 Å². The van der Waals surface area contributed by atoms with Gasteiger partial charge in [-0.2, -0.15) is 0 Å². The molecule has 2 aromatic carbocycles. The topological polar surface area (TPSA) is 66.5 Å². The lowest BCUT2D eigenvalue weighted by molar-refractivity contribution is 0.103. The van der Waals surface area contributed by atoms with E-state index >= 15 is 4.39 Å². The Kier molecular flexibility index (Phi) is 6.90. The van der Waals surface area contributed by atoms with Crippen molar-refractivity contribution in [3.63, 3.8) is 0 Å². The molecule has 1 aromatic heterocycles. The molecule has 0 saturated heterocycles. The number of fused-ring (bicyclic) bond motifs is 1. The third-order valence-electron chi connectivity index (χ3n) is 5.08. The second kappa shape index (κ2) is 9.99. The molecular weight excluding hydrogens is 432 g/mol. The largest absolute Gasteiger partial charge is 0.494 e. The van der Waals surface area contributed by atoms with Crippen LogP contribution >= 0.6 is 11.9 Å². The molecule has 2 heterocycles. The monoisotopic (exact) mass is 455 g/mol. The van der Waals surface area contributed by atoms with Gasteiger partial charge in [-0.05, 0) is 61.2 Å². The minimum Gasteiger partial charge on any atom is -0.494 e. The van der Waals surface area contributed by atoms with Crippen LogP contribution in [0.2, 0.25) is 0 Å². The lowest BCUT2D eigenvalue weighted by Crippen LogP contribution is -2.30. The van der Waals surface area contributed by atoms with E-state index in [1.165, 1.54) is 12.3 Å². The van der Waals surface area contributed by atoms with Crippen molar-refractivity contribution in [1.29, 1.82) is 0 Å². The van der Waals surface area contributed by atoms with E-state index < -0.39 is 23.0 Å². The summed E-state index contributed by atoms with van der Waals surface area (Å²) in [5.74, 6) is -1.78. The predicted molar refractivity (Wildman–Crippen MR) is 122 cm³/mol. The van der Waals surface area contributed by atoms with Crippen LogP contribution in [0.25, 0.3) is 6.08 Å². The zero-order chi connectivity index (χ0) is 22.5. The SMILES string of the molecule is CCCCOc1ccc(SNc2ccc(F)c(C(=O)c3c[nH]c4c3=CCCN=4)c2F)cc1. The average Bonchev–Trinajstić information content (AvgIpc) is 3.24. The number of aromatic amines is 1. The zero-order valence-corrected chi connectivity index (χ0v) is 18.4. The molecule has 0 spiro atoms. The van der Waals surface area contributed by atoms with Gasteiger partial charge in [-0.3, -0.25) is 9.79 Å². The summed E-state index contributed by atoms with van der Waals surface area (Å²) >= 11 is 1.16. The quantitative estimate of drug-likeness (QED) is 0.281. The summed E-state index contributed by atoms with van der Waals surface area (Å²) in [6.45, 7) is 3.38. The van der Waals surface area contributed by atoms with Crippen LogP contribution in [0, 0.1) is 11.6 Å². The van der Waals surface area contributed by atoms with Crippen LogP contribution in [0.3, 0.4) is 0 Å². The van der Waals surface area contributed by atoms with Gasteiger partial charge in [0.2, 0.25) is 5.78 Å². The number of hydrogen-bond acceptors (Lipinski definition) is 5. The highest BCUT2D eigenvalue weighted by Crippen LogP contribution is 2.28. The van der Waals surface area contributed by atoms with Gasteiger partial charge in [0.15, 0.2) is 5.82 Å². The third kappa shape index (κ3) is 4.70. The molecule has 0 radical (unpaired) electrons. The summed E-state index contributed by atoms with van der Waals surface area (Å²) in [5.41, 5.74) is 0.217. The van der Waals surface area contributed by atoms with Crippen LogP contribution in [0.5, 0.6) is 5.75 Å². The number of nitrogens with one attached hydrogen (secondary N) is 2. The van der Waals surface area contributed by atoms with Crippen LogP contribution in [0.4, 0.5) is 14.5 Å². The van der Waals surface area contributed by atoms with Crippen LogP contribution in [-0.4, -0.2) is 23.9 Å². The number of unbranched alkanes of at least 4 members (excludes halogenated alkanes) is 1. The van der Waals surface area contributed by atoms with Crippen molar-refractivity contribution in [2.75, 3.05) is 17.9 Å². The van der Waals surface area contributed by atoms with Gasteiger partial charge >= 0.3 is 0 Å². The van der Waals surface area contributed by atoms with Gasteiger partial charge < -0.3 is 14.4 Å². The molecule has 166 valence electrons. The molecule has 0 saturated carbocycles. The molecule has 0 atom stereocenters. The van der Waals surface area contributed by atoms with Crippen molar-refractivity contribution in [2.24, 2.45) is 4.99 Å². The highest BCUT2D eigenvalue weighted by atomic mass is 32.2. The first-order chi connectivity index (χ1) is 15.6. The Hall–Kier alpha value is -3.13. The van der Waals surface area contributed by atoms with Crippen molar-refractivity contribution in [1.82, 2.24) is 4.98 Å². The minimum atomic E-state index is -0.926. The molecule has 8 heteroatoms. The smallest absolute Gasteiger partial charge is 0.201 e. The summed E-state index contributed by atoms with van der Waals surface area (Å²) < 4.78 is 38.1. The lowest BCUT2D eigenvalue weighted by Gasteiger charge is -2.11. The normalized spacial score (nSPS) is 12.5. The van der Waals surface area contributed by atoms with Gasteiger partial charge in [-0.25, -0.2) is 8.78 Å². The number of ether oxygens (including phenoxy) is 1. The van der Waals surface area contributed by atoms with Gasteiger partial charge in [-0.15, -0.1) is 0 Å². The number of aromatic nitrogens is 1. The summed E-state index contributed by atoms with van der Waals surface area (Å²) in [6.07, 6.45) is 6.04. The number of carbonyl (C=O) groups is 1. The number of carbonyl (C=O) groups excluding carboxylic acids is 1. The van der Waals surface area contributed by atoms with Gasteiger partial charge in [0, 0.05) is 28.4 Å². The van der Waals surface area contributed by atoms with E-state index in [1.54, 1.807) is 0 Å². The van der Waals surface area contributed by atoms with Crippen molar-refractivity contribution in [3.8, 4) is 5.75 Å². The van der Waals surface area contributed by atoms with E-state index in [-0.39, 0.29) is 11.3 Å². The van der Waals surface area contributed by atoms with Gasteiger partial charge in [0.25, 0.3) is 0 Å². The standard InChI is InChI=1S/C24H23F2N3O2S/c1-2-3-13-31-15-6-8-16(9-7-15)32-29-20-11-10-19(25)21(22(20)26)23(30)18-14-28-24-17(18)5-4-12-27-24/h5-11,14,29H,2-4,12-13H2,1H3,(H,27,28). The number of ketones is 1. The molecule has 5 nitrogen and oxygen atoms in total. The number of benzene rings is 2. The summed E-state index contributed by atoms with van der Waals surface area (Å²) in [6, 6.07) is 9.75. The second-order valence-electron chi connectivity index (χ2n) is 7.33. The molecule has 0 amide bonds. The first kappa shape index (κ1) is 22.1. The number of anilines is 1. The Bertz CT molecular complexity index is 1240. The van der Waals surface area contributed by atoms with Crippen molar-refractivity contribution in [2.45, 2.75) is 31.1 Å². The fourth-order valence-electron chi connectivity index (χ4n) is 3.36. The Morgan fingerprint density at radius 1 is 1.22 bits per heavy atom. The first-order valence-corrected chi connectivity index (χ1v) is 11.3. The van der Waals surface area contributed by atoms with E-state index in [0.717, 1.165) is 41.5 Å². The molecule has 32 heavy (non-hydrogen) atoms. The Morgan fingerprint density at radius 2 is 2.03 bits per heavy atom. The van der Waals surface area contributed by atoms with Gasteiger partial charge in [0.05, 0.1) is 17.9 Å². The highest BCUT2D eigenvalue weighted by molar-refractivity contribution is 8.00. The number of hydrogen-bond donors (Lipinski definition) is 2.